The number of hydrogen-bond acceptors (Lipinski definition) is 5. The first-order chi connectivity index (χ1) is 15.2. The molecule has 1 heterocycles. The topological polar surface area (TPSA) is 77.8 Å². The molecule has 2 aromatic carbocycles. The molecule has 168 valence electrons. The van der Waals surface area contributed by atoms with Crippen molar-refractivity contribution in [2.45, 2.75) is 41.0 Å². The van der Waals surface area contributed by atoms with E-state index >= 15 is 0 Å². The minimum atomic E-state index is -0.502. The Morgan fingerprint density at radius 2 is 1.50 bits per heavy atom. The van der Waals surface area contributed by atoms with E-state index in [1.165, 1.54) is 53.7 Å². The minimum absolute atomic E-state index is 0.182. The number of amides is 1. The summed E-state index contributed by atoms with van der Waals surface area (Å²) in [5.41, 5.74) is 8.26. The molecule has 0 bridgehead atoms. The molecule has 32 heavy (non-hydrogen) atoms. The van der Waals surface area contributed by atoms with Gasteiger partial charge in [0, 0.05) is 6.42 Å². The zero-order valence-corrected chi connectivity index (χ0v) is 19.6. The largest absolute Gasteiger partial charge is 0.495 e. The molecular formula is C26H29NO5. The molecule has 0 spiro atoms. The Kier molecular flexibility index (Phi) is 6.72. The lowest BCUT2D eigenvalue weighted by Gasteiger charge is -2.18. The van der Waals surface area contributed by atoms with Crippen molar-refractivity contribution in [3.05, 3.63) is 80.8 Å². The van der Waals surface area contributed by atoms with E-state index in [0.717, 1.165) is 0 Å². The molecule has 1 amide bonds. The highest BCUT2D eigenvalue weighted by molar-refractivity contribution is 6.04. The molecule has 0 atom stereocenters. The van der Waals surface area contributed by atoms with E-state index in [9.17, 15) is 9.59 Å². The SMILES string of the molecule is COC(=O)c1ccc(OC)c(NC(=O)c2ccc(Cc3c(C)c(C)c(C)c(C)c3C)o2)c1. The summed E-state index contributed by atoms with van der Waals surface area (Å²) in [5.74, 6) is 0.384. The Morgan fingerprint density at radius 3 is 2.09 bits per heavy atom. The average Bonchev–Trinajstić information content (AvgIpc) is 3.27. The van der Waals surface area contributed by atoms with E-state index in [0.29, 0.717) is 29.2 Å². The van der Waals surface area contributed by atoms with Crippen LogP contribution in [0.2, 0.25) is 0 Å². The Balaban J connectivity index is 1.84. The smallest absolute Gasteiger partial charge is 0.337 e. The van der Waals surface area contributed by atoms with Gasteiger partial charge in [-0.15, -0.1) is 0 Å². The molecule has 0 saturated heterocycles. The predicted molar refractivity (Wildman–Crippen MR) is 124 cm³/mol. The summed E-state index contributed by atoms with van der Waals surface area (Å²) < 4.78 is 15.9. The van der Waals surface area contributed by atoms with Crippen molar-refractivity contribution in [2.24, 2.45) is 0 Å². The van der Waals surface area contributed by atoms with Crippen LogP contribution in [-0.2, 0) is 11.2 Å². The maximum absolute atomic E-state index is 12.8. The summed E-state index contributed by atoms with van der Waals surface area (Å²) in [6, 6.07) is 8.15. The molecular weight excluding hydrogens is 406 g/mol. The number of nitrogens with one attached hydrogen (secondary N) is 1. The standard InChI is InChI=1S/C26H29NO5/c1-14-15(2)17(4)21(18(5)16(14)3)13-20-9-11-24(32-20)25(28)27-22-12-19(26(29)31-7)8-10-23(22)30-6/h8-12H,13H2,1-7H3,(H,27,28). The predicted octanol–water partition coefficient (Wildman–Crippen LogP) is 5.46. The van der Waals surface area contributed by atoms with Crippen LogP contribution in [0, 0.1) is 34.6 Å². The molecule has 6 nitrogen and oxygen atoms in total. The molecule has 0 aliphatic heterocycles. The first-order valence-corrected chi connectivity index (χ1v) is 10.4. The molecule has 0 fully saturated rings. The number of benzene rings is 2. The molecule has 0 unspecified atom stereocenters. The average molecular weight is 436 g/mol. The molecule has 1 aromatic heterocycles. The van der Waals surface area contributed by atoms with E-state index < -0.39 is 11.9 Å². The van der Waals surface area contributed by atoms with Gasteiger partial charge in [-0.05, 0) is 98.3 Å². The Hall–Kier alpha value is -3.54. The van der Waals surface area contributed by atoms with Gasteiger partial charge in [-0.1, -0.05) is 0 Å². The minimum Gasteiger partial charge on any atom is -0.495 e. The van der Waals surface area contributed by atoms with Gasteiger partial charge in [0.1, 0.15) is 11.5 Å². The first-order valence-electron chi connectivity index (χ1n) is 10.4. The van der Waals surface area contributed by atoms with Crippen LogP contribution in [0.3, 0.4) is 0 Å². The Morgan fingerprint density at radius 1 is 0.875 bits per heavy atom. The first kappa shape index (κ1) is 23.1. The zero-order chi connectivity index (χ0) is 23.6. The van der Waals surface area contributed by atoms with E-state index in [-0.39, 0.29) is 5.76 Å². The molecule has 6 heteroatoms. The number of esters is 1. The van der Waals surface area contributed by atoms with Crippen LogP contribution < -0.4 is 10.1 Å². The van der Waals surface area contributed by atoms with Crippen LogP contribution in [0.4, 0.5) is 5.69 Å². The van der Waals surface area contributed by atoms with E-state index in [4.69, 9.17) is 13.9 Å². The van der Waals surface area contributed by atoms with Gasteiger partial charge in [-0.3, -0.25) is 4.79 Å². The second-order valence-corrected chi connectivity index (χ2v) is 7.91. The van der Waals surface area contributed by atoms with E-state index in [1.807, 2.05) is 6.07 Å². The van der Waals surface area contributed by atoms with Crippen LogP contribution in [0.15, 0.2) is 34.7 Å². The summed E-state index contributed by atoms with van der Waals surface area (Å²) in [6.07, 6.45) is 0.605. The fraction of sp³-hybridized carbons (Fsp3) is 0.308. The van der Waals surface area contributed by atoms with Crippen molar-refractivity contribution in [1.29, 1.82) is 0 Å². The van der Waals surface area contributed by atoms with Crippen molar-refractivity contribution >= 4 is 17.6 Å². The van der Waals surface area contributed by atoms with Gasteiger partial charge < -0.3 is 19.2 Å². The fourth-order valence-corrected chi connectivity index (χ4v) is 3.85. The number of anilines is 1. The van der Waals surface area contributed by atoms with Gasteiger partial charge >= 0.3 is 5.97 Å². The lowest BCUT2D eigenvalue weighted by Crippen LogP contribution is -2.13. The molecule has 3 aromatic rings. The molecule has 1 N–H and O–H groups in total. The molecule has 0 aliphatic carbocycles. The normalized spacial score (nSPS) is 10.7. The van der Waals surface area contributed by atoms with Gasteiger partial charge in [-0.25, -0.2) is 4.79 Å². The quantitative estimate of drug-likeness (QED) is 0.520. The zero-order valence-electron chi connectivity index (χ0n) is 19.6. The summed E-state index contributed by atoms with van der Waals surface area (Å²) in [6.45, 7) is 10.7. The number of carbonyl (C=O) groups excluding carboxylic acids is 2. The van der Waals surface area contributed by atoms with Gasteiger partial charge in [0.05, 0.1) is 25.5 Å². The third kappa shape index (κ3) is 4.40. The molecule has 0 radical (unpaired) electrons. The Bertz CT molecular complexity index is 1160. The number of carbonyl (C=O) groups is 2. The highest BCUT2D eigenvalue weighted by atomic mass is 16.5. The van der Waals surface area contributed by atoms with Crippen LogP contribution in [0.25, 0.3) is 0 Å². The third-order valence-corrected chi connectivity index (χ3v) is 6.26. The maximum atomic E-state index is 12.8. The monoisotopic (exact) mass is 435 g/mol. The summed E-state index contributed by atoms with van der Waals surface area (Å²) in [4.78, 5) is 24.6. The molecule has 3 rings (SSSR count). The fourth-order valence-electron chi connectivity index (χ4n) is 3.85. The number of rotatable bonds is 6. The van der Waals surface area contributed by atoms with E-state index in [1.54, 1.807) is 18.2 Å². The van der Waals surface area contributed by atoms with Gasteiger partial charge in [0.2, 0.25) is 0 Å². The summed E-state index contributed by atoms with van der Waals surface area (Å²) in [7, 11) is 2.79. The number of methoxy groups -OCH3 is 2. The lowest BCUT2D eigenvalue weighted by molar-refractivity contribution is 0.0600. The number of ether oxygens (including phenoxy) is 2. The Labute approximate surface area is 188 Å². The second kappa shape index (κ2) is 9.30. The van der Waals surface area contributed by atoms with Crippen LogP contribution in [-0.4, -0.2) is 26.1 Å². The van der Waals surface area contributed by atoms with Crippen molar-refractivity contribution in [3.8, 4) is 5.75 Å². The van der Waals surface area contributed by atoms with Gasteiger partial charge in [-0.2, -0.15) is 0 Å². The molecule has 0 aliphatic rings. The second-order valence-electron chi connectivity index (χ2n) is 7.91. The lowest BCUT2D eigenvalue weighted by atomic mass is 9.88. The summed E-state index contributed by atoms with van der Waals surface area (Å²) in [5, 5.41) is 2.76. The van der Waals surface area contributed by atoms with Crippen LogP contribution >= 0.6 is 0 Å². The van der Waals surface area contributed by atoms with Crippen LogP contribution in [0.5, 0.6) is 5.75 Å². The van der Waals surface area contributed by atoms with Crippen LogP contribution in [0.1, 0.15) is 60.1 Å². The van der Waals surface area contributed by atoms with Gasteiger partial charge in [0.25, 0.3) is 5.91 Å². The highest BCUT2D eigenvalue weighted by Crippen LogP contribution is 2.29. The van der Waals surface area contributed by atoms with Crippen molar-refractivity contribution in [3.63, 3.8) is 0 Å². The van der Waals surface area contributed by atoms with E-state index in [2.05, 4.69) is 39.9 Å². The van der Waals surface area contributed by atoms with Crippen molar-refractivity contribution in [2.75, 3.05) is 19.5 Å². The van der Waals surface area contributed by atoms with Crippen molar-refractivity contribution < 1.29 is 23.5 Å². The highest BCUT2D eigenvalue weighted by Gasteiger charge is 2.18. The van der Waals surface area contributed by atoms with Crippen molar-refractivity contribution in [1.82, 2.24) is 0 Å². The molecule has 0 saturated carbocycles. The maximum Gasteiger partial charge on any atom is 0.337 e. The third-order valence-electron chi connectivity index (χ3n) is 6.26. The number of furan rings is 1. The number of hydrogen-bond donors (Lipinski definition) is 1. The van der Waals surface area contributed by atoms with Gasteiger partial charge in [0.15, 0.2) is 5.76 Å². The summed E-state index contributed by atoms with van der Waals surface area (Å²) >= 11 is 0.